The van der Waals surface area contributed by atoms with E-state index in [4.69, 9.17) is 16.6 Å². The predicted octanol–water partition coefficient (Wildman–Crippen LogP) is -0.0317. The van der Waals surface area contributed by atoms with E-state index in [9.17, 15) is 4.79 Å². The van der Waals surface area contributed by atoms with Crippen molar-refractivity contribution in [1.29, 1.82) is 0 Å². The highest BCUT2D eigenvalue weighted by Gasteiger charge is 2.20. The molecule has 1 aromatic carbocycles. The van der Waals surface area contributed by atoms with Crippen LogP contribution >= 0.6 is 0 Å². The molecular weight excluding hydrogens is 180 g/mol. The van der Waals surface area contributed by atoms with Crippen molar-refractivity contribution in [1.82, 2.24) is 0 Å². The summed E-state index contributed by atoms with van der Waals surface area (Å²) in [5.74, 6) is -1.06. The van der Waals surface area contributed by atoms with E-state index < -0.39 is 18.1 Å². The van der Waals surface area contributed by atoms with E-state index in [1.165, 1.54) is 0 Å². The second-order valence-electron chi connectivity index (χ2n) is 3.22. The molecule has 4 heteroatoms. The molecule has 0 aliphatic heterocycles. The van der Waals surface area contributed by atoms with Gasteiger partial charge in [0.1, 0.15) is 6.04 Å². The molecule has 0 spiro atoms. The van der Waals surface area contributed by atoms with E-state index in [0.717, 1.165) is 5.56 Å². The molecule has 1 rings (SSSR count). The molecule has 14 heavy (non-hydrogen) atoms. The lowest BCUT2D eigenvalue weighted by molar-refractivity contribution is -0.139. The van der Waals surface area contributed by atoms with Crippen molar-refractivity contribution in [2.45, 2.75) is 18.5 Å². The Morgan fingerprint density at radius 2 is 1.86 bits per heavy atom. The summed E-state index contributed by atoms with van der Waals surface area (Å²) < 4.78 is 0. The monoisotopic (exact) mass is 194 g/mol. The van der Waals surface area contributed by atoms with Gasteiger partial charge < -0.3 is 16.6 Å². The van der Waals surface area contributed by atoms with Crippen LogP contribution in [0.2, 0.25) is 0 Å². The molecule has 0 bridgehead atoms. The number of carboxylic acids is 1. The summed E-state index contributed by atoms with van der Waals surface area (Å²) in [5, 5.41) is 8.63. The number of carboxylic acid groups (broad SMARTS) is 1. The Bertz CT molecular complexity index is 300. The molecule has 0 amide bonds. The maximum absolute atomic E-state index is 10.5. The van der Waals surface area contributed by atoms with Gasteiger partial charge in [-0.1, -0.05) is 30.3 Å². The maximum Gasteiger partial charge on any atom is 0.322 e. The molecule has 0 aromatic heterocycles. The number of hydrogen-bond donors (Lipinski definition) is 3. The van der Waals surface area contributed by atoms with Gasteiger partial charge in [-0.3, -0.25) is 4.79 Å². The summed E-state index contributed by atoms with van der Waals surface area (Å²) in [7, 11) is 0. The van der Waals surface area contributed by atoms with E-state index in [1.807, 2.05) is 30.3 Å². The average Bonchev–Trinajstić information content (AvgIpc) is 2.18. The molecule has 5 N–H and O–H groups in total. The van der Waals surface area contributed by atoms with Gasteiger partial charge >= 0.3 is 5.97 Å². The van der Waals surface area contributed by atoms with Crippen LogP contribution in [0.25, 0.3) is 0 Å². The van der Waals surface area contributed by atoms with Gasteiger partial charge in [-0.2, -0.15) is 0 Å². The zero-order valence-corrected chi connectivity index (χ0v) is 7.76. The quantitative estimate of drug-likeness (QED) is 0.627. The summed E-state index contributed by atoms with van der Waals surface area (Å²) in [5.41, 5.74) is 12.0. The zero-order valence-electron chi connectivity index (χ0n) is 7.76. The van der Waals surface area contributed by atoms with Crippen LogP contribution in [0.3, 0.4) is 0 Å². The van der Waals surface area contributed by atoms with Gasteiger partial charge in [0.2, 0.25) is 0 Å². The molecule has 0 heterocycles. The number of nitrogens with two attached hydrogens (primary N) is 2. The third-order valence-corrected chi connectivity index (χ3v) is 2.06. The van der Waals surface area contributed by atoms with E-state index in [2.05, 4.69) is 0 Å². The van der Waals surface area contributed by atoms with Gasteiger partial charge in [-0.25, -0.2) is 0 Å². The van der Waals surface area contributed by atoms with Gasteiger partial charge in [0.15, 0.2) is 0 Å². The van der Waals surface area contributed by atoms with E-state index in [0.29, 0.717) is 6.42 Å². The Labute approximate surface area is 82.5 Å². The van der Waals surface area contributed by atoms with Crippen LogP contribution in [0, 0.1) is 0 Å². The SMILES string of the molecule is N[C@H](C(=O)O)[C@@H](N)Cc1ccccc1. The summed E-state index contributed by atoms with van der Waals surface area (Å²) in [6.07, 6.45) is 0.480. The standard InChI is InChI=1S/C10H14N2O2/c11-8(9(12)10(13)14)6-7-4-2-1-3-5-7/h1-5,8-9H,6,11-12H2,(H,13,14)/t8-,9-/m0/s1. The Kier molecular flexibility index (Phi) is 3.62. The van der Waals surface area contributed by atoms with Crippen molar-refractivity contribution in [3.8, 4) is 0 Å². The fraction of sp³-hybridized carbons (Fsp3) is 0.300. The van der Waals surface area contributed by atoms with Crippen LogP contribution in [0.4, 0.5) is 0 Å². The fourth-order valence-electron chi connectivity index (χ4n) is 1.20. The Morgan fingerprint density at radius 3 is 2.36 bits per heavy atom. The normalized spacial score (nSPS) is 14.7. The van der Waals surface area contributed by atoms with Gasteiger partial charge in [0, 0.05) is 6.04 Å². The third kappa shape index (κ3) is 2.83. The molecule has 0 fully saturated rings. The summed E-state index contributed by atoms with van der Waals surface area (Å²) in [6.45, 7) is 0. The van der Waals surface area contributed by atoms with Crippen molar-refractivity contribution in [2.75, 3.05) is 0 Å². The summed E-state index contributed by atoms with van der Waals surface area (Å²) >= 11 is 0. The van der Waals surface area contributed by atoms with Crippen LogP contribution < -0.4 is 11.5 Å². The minimum atomic E-state index is -1.06. The van der Waals surface area contributed by atoms with Gasteiger partial charge in [-0.15, -0.1) is 0 Å². The van der Waals surface area contributed by atoms with E-state index >= 15 is 0 Å². The van der Waals surface area contributed by atoms with Crippen molar-refractivity contribution in [3.05, 3.63) is 35.9 Å². The first-order valence-electron chi connectivity index (χ1n) is 4.39. The third-order valence-electron chi connectivity index (χ3n) is 2.06. The Morgan fingerprint density at radius 1 is 1.29 bits per heavy atom. The van der Waals surface area contributed by atoms with Crippen molar-refractivity contribution in [2.24, 2.45) is 11.5 Å². The highest BCUT2D eigenvalue weighted by molar-refractivity contribution is 5.74. The topological polar surface area (TPSA) is 89.3 Å². The minimum Gasteiger partial charge on any atom is -0.480 e. The van der Waals surface area contributed by atoms with Crippen LogP contribution in [0.5, 0.6) is 0 Å². The first kappa shape index (κ1) is 10.7. The zero-order chi connectivity index (χ0) is 10.6. The molecule has 0 aliphatic rings. The number of aliphatic carboxylic acids is 1. The Hall–Kier alpha value is -1.39. The number of benzene rings is 1. The lowest BCUT2D eigenvalue weighted by atomic mass is 10.0. The largest absolute Gasteiger partial charge is 0.480 e. The number of hydrogen-bond acceptors (Lipinski definition) is 3. The van der Waals surface area contributed by atoms with Gasteiger partial charge in [-0.05, 0) is 12.0 Å². The van der Waals surface area contributed by atoms with Crippen LogP contribution in [0.15, 0.2) is 30.3 Å². The molecule has 2 atom stereocenters. The molecule has 0 saturated carbocycles. The molecule has 4 nitrogen and oxygen atoms in total. The minimum absolute atomic E-state index is 0.480. The fourth-order valence-corrected chi connectivity index (χ4v) is 1.20. The number of rotatable bonds is 4. The van der Waals surface area contributed by atoms with Gasteiger partial charge in [0.25, 0.3) is 0 Å². The van der Waals surface area contributed by atoms with Crippen molar-refractivity contribution in [3.63, 3.8) is 0 Å². The average molecular weight is 194 g/mol. The Balaban J connectivity index is 2.57. The van der Waals surface area contributed by atoms with Crippen LogP contribution in [-0.2, 0) is 11.2 Å². The molecule has 0 saturated heterocycles. The van der Waals surface area contributed by atoms with Crippen molar-refractivity contribution >= 4 is 5.97 Å². The summed E-state index contributed by atoms with van der Waals surface area (Å²) in [6, 6.07) is 7.91. The van der Waals surface area contributed by atoms with Crippen LogP contribution in [-0.4, -0.2) is 23.2 Å². The molecule has 0 aliphatic carbocycles. The molecule has 76 valence electrons. The summed E-state index contributed by atoms with van der Waals surface area (Å²) in [4.78, 5) is 10.5. The second kappa shape index (κ2) is 4.74. The highest BCUT2D eigenvalue weighted by atomic mass is 16.4. The maximum atomic E-state index is 10.5. The molecular formula is C10H14N2O2. The molecule has 0 unspecified atom stereocenters. The molecule has 1 aromatic rings. The van der Waals surface area contributed by atoms with E-state index in [-0.39, 0.29) is 0 Å². The molecule has 0 radical (unpaired) electrons. The second-order valence-corrected chi connectivity index (χ2v) is 3.22. The first-order chi connectivity index (χ1) is 6.61. The first-order valence-corrected chi connectivity index (χ1v) is 4.39. The van der Waals surface area contributed by atoms with Gasteiger partial charge in [0.05, 0.1) is 0 Å². The lowest BCUT2D eigenvalue weighted by Crippen LogP contribution is -2.48. The lowest BCUT2D eigenvalue weighted by Gasteiger charge is -2.15. The van der Waals surface area contributed by atoms with E-state index in [1.54, 1.807) is 0 Å². The highest BCUT2D eigenvalue weighted by Crippen LogP contribution is 2.03. The van der Waals surface area contributed by atoms with Crippen LogP contribution in [0.1, 0.15) is 5.56 Å². The number of carbonyl (C=O) groups is 1. The smallest absolute Gasteiger partial charge is 0.322 e. The van der Waals surface area contributed by atoms with Crippen molar-refractivity contribution < 1.29 is 9.90 Å². The predicted molar refractivity (Wildman–Crippen MR) is 53.7 cm³/mol.